The van der Waals surface area contributed by atoms with Crippen LogP contribution in [0.5, 0.6) is 0 Å². The van der Waals surface area contributed by atoms with Crippen LogP contribution in [0.2, 0.25) is 0 Å². The number of aryl methyl sites for hydroxylation is 2. The van der Waals surface area contributed by atoms with Crippen LogP contribution in [0.3, 0.4) is 0 Å². The third-order valence-electron chi connectivity index (χ3n) is 6.67. The number of para-hydroxylation sites is 1. The fraction of sp³-hybridized carbons (Fsp3) is 0.259. The number of aromatic nitrogens is 3. The van der Waals surface area contributed by atoms with Gasteiger partial charge in [0.15, 0.2) is 0 Å². The number of H-pyrrole nitrogens is 2. The van der Waals surface area contributed by atoms with Gasteiger partial charge < -0.3 is 4.98 Å². The molecule has 0 saturated carbocycles. The number of benzene rings is 2. The number of carbonyl (C=O) groups excluding carboxylic acids is 1. The van der Waals surface area contributed by atoms with Crippen LogP contribution in [-0.2, 0) is 24.2 Å². The van der Waals surface area contributed by atoms with Gasteiger partial charge in [0.25, 0.3) is 5.91 Å². The van der Waals surface area contributed by atoms with Crippen LogP contribution in [0, 0.1) is 6.92 Å². The molecule has 1 amide bonds. The quantitative estimate of drug-likeness (QED) is 0.179. The SMILES string of the molecule is Cc1cc(CN(CCc2c[nH]c3ccccc23)C2CCc3cc(/C=C/C(=O)NO)ccc32)[nH]n1. The van der Waals surface area contributed by atoms with Gasteiger partial charge in [-0.25, -0.2) is 5.48 Å². The summed E-state index contributed by atoms with van der Waals surface area (Å²) in [6.45, 7) is 3.75. The number of aromatic amines is 2. The van der Waals surface area contributed by atoms with E-state index in [4.69, 9.17) is 5.21 Å². The van der Waals surface area contributed by atoms with Gasteiger partial charge in [-0.3, -0.25) is 20.0 Å². The summed E-state index contributed by atoms with van der Waals surface area (Å²) in [6, 6.07) is 17.3. The average Bonchev–Trinajstić information content (AvgIpc) is 3.58. The summed E-state index contributed by atoms with van der Waals surface area (Å²) in [5, 5.41) is 17.5. The summed E-state index contributed by atoms with van der Waals surface area (Å²) in [5.74, 6) is -0.531. The van der Waals surface area contributed by atoms with Gasteiger partial charge in [0.05, 0.1) is 5.69 Å². The number of nitrogens with zero attached hydrogens (tertiary/aromatic N) is 2. The summed E-state index contributed by atoms with van der Waals surface area (Å²) in [5.41, 5.74) is 9.88. The summed E-state index contributed by atoms with van der Waals surface area (Å²) in [7, 11) is 0. The number of carbonyl (C=O) groups is 1. The largest absolute Gasteiger partial charge is 0.361 e. The molecule has 1 unspecified atom stereocenters. The molecule has 34 heavy (non-hydrogen) atoms. The van der Waals surface area contributed by atoms with E-state index in [9.17, 15) is 4.79 Å². The highest BCUT2D eigenvalue weighted by Gasteiger charge is 2.28. The van der Waals surface area contributed by atoms with Gasteiger partial charge in [0, 0.05) is 48.0 Å². The van der Waals surface area contributed by atoms with Gasteiger partial charge in [-0.2, -0.15) is 5.10 Å². The first-order valence-electron chi connectivity index (χ1n) is 11.7. The van der Waals surface area contributed by atoms with E-state index < -0.39 is 5.91 Å². The van der Waals surface area contributed by atoms with Crippen LogP contribution in [0.4, 0.5) is 0 Å². The predicted molar refractivity (Wildman–Crippen MR) is 132 cm³/mol. The predicted octanol–water partition coefficient (Wildman–Crippen LogP) is 4.45. The minimum absolute atomic E-state index is 0.322. The molecule has 5 rings (SSSR count). The van der Waals surface area contributed by atoms with Gasteiger partial charge in [-0.05, 0) is 66.6 Å². The Balaban J connectivity index is 1.38. The molecule has 0 fully saturated rings. The second-order valence-corrected chi connectivity index (χ2v) is 8.94. The Kier molecular flexibility index (Phi) is 6.29. The van der Waals surface area contributed by atoms with E-state index in [2.05, 4.69) is 68.7 Å². The molecule has 1 aliphatic rings. The van der Waals surface area contributed by atoms with Crippen molar-refractivity contribution >= 4 is 22.9 Å². The molecule has 7 nitrogen and oxygen atoms in total. The molecule has 1 aliphatic carbocycles. The highest BCUT2D eigenvalue weighted by atomic mass is 16.5. The Morgan fingerprint density at radius 2 is 2.15 bits per heavy atom. The van der Waals surface area contributed by atoms with Crippen molar-refractivity contribution in [1.82, 2.24) is 25.6 Å². The van der Waals surface area contributed by atoms with Crippen LogP contribution in [0.15, 0.2) is 60.8 Å². The van der Waals surface area contributed by atoms with Gasteiger partial charge >= 0.3 is 0 Å². The fourth-order valence-corrected chi connectivity index (χ4v) is 5.03. The normalized spacial score (nSPS) is 15.4. The van der Waals surface area contributed by atoms with Crippen molar-refractivity contribution < 1.29 is 10.0 Å². The van der Waals surface area contributed by atoms with Crippen LogP contribution in [0.1, 0.15) is 46.1 Å². The van der Waals surface area contributed by atoms with E-state index in [0.717, 1.165) is 49.3 Å². The Morgan fingerprint density at radius 1 is 1.26 bits per heavy atom. The molecular formula is C27H29N5O2. The summed E-state index contributed by atoms with van der Waals surface area (Å²) in [4.78, 5) is 17.3. The maximum atomic E-state index is 11.3. The molecule has 2 heterocycles. The van der Waals surface area contributed by atoms with E-state index in [-0.39, 0.29) is 0 Å². The summed E-state index contributed by atoms with van der Waals surface area (Å²) >= 11 is 0. The lowest BCUT2D eigenvalue weighted by atomic mass is 10.0. The first kappa shape index (κ1) is 22.1. The molecule has 0 radical (unpaired) electrons. The third-order valence-corrected chi connectivity index (χ3v) is 6.67. The number of rotatable bonds is 8. The summed E-state index contributed by atoms with van der Waals surface area (Å²) < 4.78 is 0. The van der Waals surface area contributed by atoms with Crippen LogP contribution in [0.25, 0.3) is 17.0 Å². The fourth-order valence-electron chi connectivity index (χ4n) is 5.03. The zero-order valence-corrected chi connectivity index (χ0v) is 19.2. The maximum absolute atomic E-state index is 11.3. The van der Waals surface area contributed by atoms with E-state index in [1.165, 1.54) is 33.7 Å². The van der Waals surface area contributed by atoms with E-state index in [0.29, 0.717) is 6.04 Å². The van der Waals surface area contributed by atoms with E-state index in [1.807, 2.05) is 13.0 Å². The standard InChI is InChI=1S/C27H29N5O2/c1-18-14-22(30-29-18)17-32(13-12-21-16-28-25-5-3-2-4-23(21)25)26-10-8-20-15-19(6-9-24(20)26)7-11-27(33)31-34/h2-7,9,11,14-16,26,28,34H,8,10,12-13,17H2,1H3,(H,29,30)(H,31,33)/b11-7+. The Labute approximate surface area is 198 Å². The first-order valence-corrected chi connectivity index (χ1v) is 11.7. The van der Waals surface area contributed by atoms with Crippen molar-refractivity contribution in [3.63, 3.8) is 0 Å². The Morgan fingerprint density at radius 3 is 2.97 bits per heavy atom. The number of hydrogen-bond donors (Lipinski definition) is 4. The molecule has 174 valence electrons. The van der Waals surface area contributed by atoms with Gasteiger partial charge in [-0.15, -0.1) is 0 Å². The lowest BCUT2D eigenvalue weighted by Gasteiger charge is -2.29. The molecular weight excluding hydrogens is 426 g/mol. The lowest BCUT2D eigenvalue weighted by molar-refractivity contribution is -0.124. The maximum Gasteiger partial charge on any atom is 0.267 e. The molecule has 2 aromatic heterocycles. The van der Waals surface area contributed by atoms with E-state index in [1.54, 1.807) is 11.6 Å². The topological polar surface area (TPSA) is 97.0 Å². The number of amides is 1. The second kappa shape index (κ2) is 9.67. The smallest absolute Gasteiger partial charge is 0.267 e. The molecule has 0 bridgehead atoms. The van der Waals surface area contributed by atoms with Crippen LogP contribution >= 0.6 is 0 Å². The highest BCUT2D eigenvalue weighted by molar-refractivity contribution is 5.90. The molecule has 0 saturated heterocycles. The molecule has 7 heteroatoms. The molecule has 1 atom stereocenters. The minimum atomic E-state index is -0.531. The molecule has 4 N–H and O–H groups in total. The number of hydrogen-bond acceptors (Lipinski definition) is 4. The van der Waals surface area contributed by atoms with Gasteiger partial charge in [0.1, 0.15) is 0 Å². The molecule has 2 aromatic carbocycles. The van der Waals surface area contributed by atoms with Crippen LogP contribution in [-0.4, -0.2) is 37.7 Å². The highest BCUT2D eigenvalue weighted by Crippen LogP contribution is 2.37. The number of nitrogens with one attached hydrogen (secondary N) is 3. The molecule has 0 spiro atoms. The average molecular weight is 456 g/mol. The minimum Gasteiger partial charge on any atom is -0.361 e. The van der Waals surface area contributed by atoms with Crippen molar-refractivity contribution in [2.45, 2.75) is 38.8 Å². The lowest BCUT2D eigenvalue weighted by Crippen LogP contribution is -2.29. The van der Waals surface area contributed by atoms with Crippen molar-refractivity contribution in [2.24, 2.45) is 0 Å². The van der Waals surface area contributed by atoms with Gasteiger partial charge in [0.2, 0.25) is 0 Å². The first-order chi connectivity index (χ1) is 16.6. The monoisotopic (exact) mass is 455 g/mol. The Bertz CT molecular complexity index is 1340. The van der Waals surface area contributed by atoms with Crippen molar-refractivity contribution in [3.8, 4) is 0 Å². The number of fused-ring (bicyclic) bond motifs is 2. The van der Waals surface area contributed by atoms with Crippen molar-refractivity contribution in [3.05, 3.63) is 94.4 Å². The number of hydroxylamine groups is 1. The van der Waals surface area contributed by atoms with Crippen molar-refractivity contribution in [1.29, 1.82) is 0 Å². The second-order valence-electron chi connectivity index (χ2n) is 8.94. The summed E-state index contributed by atoms with van der Waals surface area (Å²) in [6.07, 6.45) is 8.20. The van der Waals surface area contributed by atoms with E-state index >= 15 is 0 Å². The van der Waals surface area contributed by atoms with Crippen molar-refractivity contribution in [2.75, 3.05) is 6.54 Å². The van der Waals surface area contributed by atoms with Gasteiger partial charge in [-0.1, -0.05) is 36.4 Å². The third kappa shape index (κ3) is 4.66. The van der Waals surface area contributed by atoms with Crippen LogP contribution < -0.4 is 5.48 Å². The zero-order chi connectivity index (χ0) is 23.5. The molecule has 0 aliphatic heterocycles. The molecule has 4 aromatic rings. The zero-order valence-electron chi connectivity index (χ0n) is 19.2. The Hall–Kier alpha value is -3.68.